The van der Waals surface area contributed by atoms with E-state index in [9.17, 15) is 13.2 Å². The van der Waals surface area contributed by atoms with Crippen molar-refractivity contribution in [2.75, 3.05) is 4.72 Å². The van der Waals surface area contributed by atoms with Gasteiger partial charge in [-0.05, 0) is 37.5 Å². The molecule has 2 heterocycles. The average molecular weight is 527 g/mol. The number of carbonyl (C=O) groups excluding carboxylic acids is 1. The van der Waals surface area contributed by atoms with Crippen LogP contribution in [0.1, 0.15) is 53.5 Å². The first kappa shape index (κ1) is 25.7. The molecule has 0 aliphatic rings. The van der Waals surface area contributed by atoms with E-state index in [1.807, 2.05) is 43.3 Å². The minimum Gasteiger partial charge on any atom is -0.359 e. The van der Waals surface area contributed by atoms with E-state index >= 15 is 0 Å². The maximum atomic E-state index is 13.6. The Morgan fingerprint density at radius 1 is 1.14 bits per heavy atom. The van der Waals surface area contributed by atoms with E-state index < -0.39 is 10.0 Å². The van der Waals surface area contributed by atoms with Gasteiger partial charge in [0.1, 0.15) is 17.3 Å². The van der Waals surface area contributed by atoms with Gasteiger partial charge in [0.15, 0.2) is 16.8 Å². The summed E-state index contributed by atoms with van der Waals surface area (Å²) in [4.78, 5) is 16.8. The third kappa shape index (κ3) is 5.08. The van der Waals surface area contributed by atoms with Gasteiger partial charge in [0.05, 0.1) is 4.90 Å². The van der Waals surface area contributed by atoms with Crippen molar-refractivity contribution in [3.05, 3.63) is 82.1 Å². The van der Waals surface area contributed by atoms with E-state index in [4.69, 9.17) is 16.1 Å². The third-order valence-electron chi connectivity index (χ3n) is 5.96. The number of hydrogen-bond acceptors (Lipinski definition) is 6. The molecule has 0 fully saturated rings. The number of carbonyl (C=O) groups is 1. The lowest BCUT2D eigenvalue weighted by molar-refractivity contribution is 0.100. The fourth-order valence-corrected chi connectivity index (χ4v) is 5.68. The number of hydrogen-bond donors (Lipinski definition) is 1. The van der Waals surface area contributed by atoms with E-state index in [0.717, 1.165) is 12.0 Å². The van der Waals surface area contributed by atoms with Crippen LogP contribution in [-0.4, -0.2) is 28.9 Å². The van der Waals surface area contributed by atoms with Gasteiger partial charge >= 0.3 is 0 Å². The van der Waals surface area contributed by atoms with Gasteiger partial charge in [-0.2, -0.15) is 0 Å². The van der Waals surface area contributed by atoms with Gasteiger partial charge in [-0.1, -0.05) is 66.1 Å². The van der Waals surface area contributed by atoms with Gasteiger partial charge < -0.3 is 9.09 Å². The van der Waals surface area contributed by atoms with Crippen LogP contribution in [0.3, 0.4) is 0 Å². The number of nitrogens with one attached hydrogen (secondary N) is 1. The highest BCUT2D eigenvalue weighted by Crippen LogP contribution is 2.31. The summed E-state index contributed by atoms with van der Waals surface area (Å²) >= 11 is 6.29. The van der Waals surface area contributed by atoms with Crippen molar-refractivity contribution < 1.29 is 17.7 Å². The molecular weight excluding hydrogens is 500 g/mol. The van der Waals surface area contributed by atoms with E-state index in [1.54, 1.807) is 30.5 Å². The summed E-state index contributed by atoms with van der Waals surface area (Å²) in [6.45, 7) is 7.14. The summed E-state index contributed by atoms with van der Waals surface area (Å²) in [5, 5.41) is 4.01. The smallest absolute Gasteiger partial charge is 0.263 e. The molecule has 188 valence electrons. The molecule has 1 N–H and O–H groups in total. The van der Waals surface area contributed by atoms with Crippen molar-refractivity contribution in [3.8, 4) is 11.1 Å². The molecule has 0 atom stereocenters. The number of nitrogens with zero attached hydrogens (tertiary/aromatic N) is 3. The first-order chi connectivity index (χ1) is 17.1. The molecule has 8 nitrogen and oxygen atoms in total. The summed E-state index contributed by atoms with van der Waals surface area (Å²) in [7, 11) is -4.05. The van der Waals surface area contributed by atoms with Crippen LogP contribution in [0, 0.1) is 13.8 Å². The lowest BCUT2D eigenvalue weighted by Gasteiger charge is -2.15. The van der Waals surface area contributed by atoms with Crippen LogP contribution in [0.25, 0.3) is 11.1 Å². The van der Waals surface area contributed by atoms with Crippen molar-refractivity contribution in [1.82, 2.24) is 14.7 Å². The first-order valence-electron chi connectivity index (χ1n) is 11.5. The Bertz CT molecular complexity index is 1530. The highest BCUT2D eigenvalue weighted by atomic mass is 35.5. The molecule has 36 heavy (non-hydrogen) atoms. The Morgan fingerprint density at radius 3 is 2.47 bits per heavy atom. The summed E-state index contributed by atoms with van der Waals surface area (Å²) < 4.78 is 36.7. The fourth-order valence-electron chi connectivity index (χ4n) is 4.01. The van der Waals surface area contributed by atoms with Crippen LogP contribution in [0.4, 0.5) is 5.82 Å². The fraction of sp³-hybridized carbons (Fsp3) is 0.269. The highest BCUT2D eigenvalue weighted by Gasteiger charge is 2.25. The maximum absolute atomic E-state index is 13.6. The standard InChI is InChI=1S/C26H27ClN4O4S/c1-5-9-23-28-25(27)24(17(3)32)31(23)15-19-12-13-21(20-10-7-6-8-11-20)22(14-19)36(33,34)30-26-16(2)18(4)35-29-26/h6-8,10-14H,5,9,15H2,1-4H3,(H,29,30). The normalized spacial score (nSPS) is 11.6. The lowest BCUT2D eigenvalue weighted by atomic mass is 10.0. The molecule has 0 saturated heterocycles. The summed E-state index contributed by atoms with van der Waals surface area (Å²) in [6, 6.07) is 14.5. The van der Waals surface area contributed by atoms with Gasteiger partial charge in [0.2, 0.25) is 0 Å². The zero-order valence-corrected chi connectivity index (χ0v) is 22.1. The molecule has 4 rings (SSSR count). The maximum Gasteiger partial charge on any atom is 0.263 e. The molecule has 0 bridgehead atoms. The minimum atomic E-state index is -4.05. The van der Waals surface area contributed by atoms with Gasteiger partial charge in [0.25, 0.3) is 10.0 Å². The number of halogens is 1. The van der Waals surface area contributed by atoms with Gasteiger partial charge in [-0.25, -0.2) is 13.4 Å². The molecule has 0 aliphatic heterocycles. The molecule has 10 heteroatoms. The molecule has 0 unspecified atom stereocenters. The summed E-state index contributed by atoms with van der Waals surface area (Å²) in [6.07, 6.45) is 1.45. The van der Waals surface area contributed by atoms with Crippen LogP contribution in [0.2, 0.25) is 5.15 Å². The monoisotopic (exact) mass is 526 g/mol. The van der Waals surface area contributed by atoms with Crippen molar-refractivity contribution in [2.45, 2.75) is 52.0 Å². The van der Waals surface area contributed by atoms with Crippen LogP contribution >= 0.6 is 11.6 Å². The van der Waals surface area contributed by atoms with Crippen LogP contribution in [-0.2, 0) is 23.0 Å². The minimum absolute atomic E-state index is 0.0823. The Labute approximate surface area is 215 Å². The number of benzene rings is 2. The molecule has 2 aromatic carbocycles. The van der Waals surface area contributed by atoms with Gasteiger partial charge in [-0.3, -0.25) is 9.52 Å². The highest BCUT2D eigenvalue weighted by molar-refractivity contribution is 7.92. The van der Waals surface area contributed by atoms with Gasteiger partial charge in [-0.15, -0.1) is 0 Å². The molecule has 2 aromatic heterocycles. The number of imidazole rings is 1. The predicted octanol–water partition coefficient (Wildman–Crippen LogP) is 5.81. The number of aromatic nitrogens is 3. The molecule has 0 saturated carbocycles. The number of aryl methyl sites for hydroxylation is 2. The largest absolute Gasteiger partial charge is 0.359 e. The Morgan fingerprint density at radius 2 is 1.86 bits per heavy atom. The Kier molecular flexibility index (Phi) is 7.33. The Balaban J connectivity index is 1.84. The number of rotatable bonds is 9. The first-order valence-corrected chi connectivity index (χ1v) is 13.4. The zero-order chi connectivity index (χ0) is 26.0. The van der Waals surface area contributed by atoms with E-state index in [0.29, 0.717) is 40.4 Å². The van der Waals surface area contributed by atoms with Crippen LogP contribution < -0.4 is 4.72 Å². The molecule has 0 aliphatic carbocycles. The topological polar surface area (TPSA) is 107 Å². The summed E-state index contributed by atoms with van der Waals surface area (Å²) in [5.74, 6) is 1.14. The number of Topliss-reactive ketones (excluding diaryl/α,β-unsaturated/α-hetero) is 1. The molecular formula is C26H27ClN4O4S. The molecule has 4 aromatic rings. The number of ketones is 1. The molecule has 0 amide bonds. The van der Waals surface area contributed by atoms with Crippen molar-refractivity contribution in [3.63, 3.8) is 0 Å². The van der Waals surface area contributed by atoms with Crippen molar-refractivity contribution >= 4 is 33.2 Å². The molecule has 0 spiro atoms. The van der Waals surface area contributed by atoms with E-state index in [1.165, 1.54) is 6.92 Å². The van der Waals surface area contributed by atoms with Crippen LogP contribution in [0.5, 0.6) is 0 Å². The van der Waals surface area contributed by atoms with Crippen molar-refractivity contribution in [1.29, 1.82) is 0 Å². The average Bonchev–Trinajstić information content (AvgIpc) is 3.32. The zero-order valence-electron chi connectivity index (χ0n) is 20.5. The summed E-state index contributed by atoms with van der Waals surface area (Å²) in [5.41, 5.74) is 2.88. The molecule has 0 radical (unpaired) electrons. The Hall–Kier alpha value is -3.43. The third-order valence-corrected chi connectivity index (χ3v) is 7.60. The predicted molar refractivity (Wildman–Crippen MR) is 139 cm³/mol. The van der Waals surface area contributed by atoms with Crippen molar-refractivity contribution in [2.24, 2.45) is 0 Å². The SMILES string of the molecule is CCCc1nc(Cl)c(C(C)=O)n1Cc1ccc(-c2ccccc2)c(S(=O)(=O)Nc2noc(C)c2C)c1. The number of sulfonamides is 1. The second-order valence-corrected chi connectivity index (χ2v) is 10.6. The van der Waals surface area contributed by atoms with E-state index in [-0.39, 0.29) is 28.2 Å². The van der Waals surface area contributed by atoms with Gasteiger partial charge in [0, 0.05) is 31.0 Å². The van der Waals surface area contributed by atoms with Crippen LogP contribution in [0.15, 0.2) is 57.9 Å². The quantitative estimate of drug-likeness (QED) is 0.276. The lowest BCUT2D eigenvalue weighted by Crippen LogP contribution is -2.16. The second-order valence-electron chi connectivity index (χ2n) is 8.57. The number of anilines is 1. The second kappa shape index (κ2) is 10.3. The van der Waals surface area contributed by atoms with E-state index in [2.05, 4.69) is 14.9 Å².